The molecule has 0 spiro atoms. The molecule has 0 radical (unpaired) electrons. The van der Waals surface area contributed by atoms with E-state index in [9.17, 15) is 28.8 Å². The first-order valence-corrected chi connectivity index (χ1v) is 18.5. The molecule has 1 aliphatic heterocycles. The van der Waals surface area contributed by atoms with Crippen LogP contribution in [0.2, 0.25) is 0 Å². The summed E-state index contributed by atoms with van der Waals surface area (Å²) in [5.41, 5.74) is -0.312. The SMILES string of the molecule is CC(C)[C@H](NC(=O)[C@H](Cc1ccccc1)NC(=O)C1=NN=C(C(=O)N[C@@H](Cc2ccccc2)C(=O)N[C@H](C(=O)OC(C)(C)C)C(C)C)C1)C(=O)OC(C)(C)C. The first-order valence-electron chi connectivity index (χ1n) is 18.5. The van der Waals surface area contributed by atoms with Gasteiger partial charge >= 0.3 is 11.9 Å². The van der Waals surface area contributed by atoms with Crippen molar-refractivity contribution in [2.45, 2.75) is 124 Å². The number of hydrogen-bond acceptors (Lipinski definition) is 10. The molecule has 2 aromatic carbocycles. The van der Waals surface area contributed by atoms with Crippen LogP contribution in [-0.4, -0.2) is 82.4 Å². The van der Waals surface area contributed by atoms with Gasteiger partial charge in [-0.15, -0.1) is 10.2 Å². The zero-order valence-electron chi connectivity index (χ0n) is 33.5. The lowest BCUT2D eigenvalue weighted by Gasteiger charge is -2.28. The molecular weight excluding hydrogens is 704 g/mol. The number of carbonyl (C=O) groups excluding carboxylic acids is 6. The average Bonchev–Trinajstić information content (AvgIpc) is 3.59. The van der Waals surface area contributed by atoms with Gasteiger partial charge in [0, 0.05) is 19.3 Å². The quantitative estimate of drug-likeness (QED) is 0.187. The van der Waals surface area contributed by atoms with Gasteiger partial charge in [0.05, 0.1) is 0 Å². The van der Waals surface area contributed by atoms with E-state index in [2.05, 4.69) is 31.5 Å². The maximum absolute atomic E-state index is 13.7. The predicted molar refractivity (Wildman–Crippen MR) is 209 cm³/mol. The largest absolute Gasteiger partial charge is 0.458 e. The number of nitrogens with one attached hydrogen (secondary N) is 4. The van der Waals surface area contributed by atoms with E-state index in [4.69, 9.17) is 9.47 Å². The fourth-order valence-corrected chi connectivity index (χ4v) is 5.44. The molecule has 0 fully saturated rings. The minimum absolute atomic E-state index is 0.0932. The zero-order valence-corrected chi connectivity index (χ0v) is 33.5. The normalized spacial score (nSPS) is 15.1. The first-order chi connectivity index (χ1) is 25.6. The highest BCUT2D eigenvalue weighted by Gasteiger charge is 2.36. The van der Waals surface area contributed by atoms with Crippen molar-refractivity contribution >= 4 is 47.0 Å². The molecule has 0 aliphatic carbocycles. The number of nitrogens with zero attached hydrogens (tertiary/aromatic N) is 2. The molecule has 1 heterocycles. The second kappa shape index (κ2) is 19.3. The molecule has 2 aromatic rings. The van der Waals surface area contributed by atoms with Crippen LogP contribution in [-0.2, 0) is 51.1 Å². The molecule has 55 heavy (non-hydrogen) atoms. The van der Waals surface area contributed by atoms with E-state index in [1.54, 1.807) is 118 Å². The van der Waals surface area contributed by atoms with Gasteiger partial charge < -0.3 is 30.7 Å². The van der Waals surface area contributed by atoms with Crippen molar-refractivity contribution in [2.75, 3.05) is 0 Å². The number of esters is 2. The van der Waals surface area contributed by atoms with Gasteiger partial charge in [0.25, 0.3) is 11.8 Å². The second-order valence-corrected chi connectivity index (χ2v) is 16.2. The molecule has 0 aromatic heterocycles. The van der Waals surface area contributed by atoms with Crippen LogP contribution < -0.4 is 21.3 Å². The van der Waals surface area contributed by atoms with Crippen LogP contribution in [0.15, 0.2) is 70.9 Å². The molecule has 298 valence electrons. The Morgan fingerprint density at radius 1 is 0.564 bits per heavy atom. The summed E-state index contributed by atoms with van der Waals surface area (Å²) in [4.78, 5) is 80.5. The Morgan fingerprint density at radius 3 is 1.18 bits per heavy atom. The minimum Gasteiger partial charge on any atom is -0.458 e. The summed E-state index contributed by atoms with van der Waals surface area (Å²) in [6.45, 7) is 17.5. The average molecular weight is 761 g/mol. The number of ether oxygens (including phenoxy) is 2. The summed E-state index contributed by atoms with van der Waals surface area (Å²) in [5.74, 6) is -4.54. The Labute approximate surface area is 323 Å². The van der Waals surface area contributed by atoms with E-state index < -0.39 is 70.9 Å². The second-order valence-electron chi connectivity index (χ2n) is 16.2. The Morgan fingerprint density at radius 2 is 0.891 bits per heavy atom. The molecule has 14 heteroatoms. The van der Waals surface area contributed by atoms with E-state index in [1.165, 1.54) is 0 Å². The molecule has 4 N–H and O–H groups in total. The van der Waals surface area contributed by atoms with Crippen LogP contribution in [0.1, 0.15) is 86.8 Å². The fourth-order valence-electron chi connectivity index (χ4n) is 5.44. The maximum Gasteiger partial charge on any atom is 0.329 e. The topological polar surface area (TPSA) is 194 Å². The highest BCUT2D eigenvalue weighted by molar-refractivity contribution is 6.52. The van der Waals surface area contributed by atoms with Crippen molar-refractivity contribution in [2.24, 2.45) is 22.0 Å². The molecule has 14 nitrogen and oxygen atoms in total. The van der Waals surface area contributed by atoms with Crippen molar-refractivity contribution in [1.29, 1.82) is 0 Å². The molecule has 0 saturated carbocycles. The third-order valence-electron chi connectivity index (χ3n) is 8.21. The molecule has 1 aliphatic rings. The summed E-state index contributed by atoms with van der Waals surface area (Å²) < 4.78 is 11.1. The molecule has 0 unspecified atom stereocenters. The Kier molecular flexibility index (Phi) is 15.4. The summed E-state index contributed by atoms with van der Waals surface area (Å²) >= 11 is 0. The monoisotopic (exact) mass is 760 g/mol. The highest BCUT2D eigenvalue weighted by Crippen LogP contribution is 2.16. The molecular formula is C41H56N6O8. The zero-order chi connectivity index (χ0) is 41.1. The van der Waals surface area contributed by atoms with Crippen LogP contribution in [0, 0.1) is 11.8 Å². The van der Waals surface area contributed by atoms with Gasteiger partial charge in [-0.2, -0.15) is 0 Å². The lowest BCUT2D eigenvalue weighted by molar-refractivity contribution is -0.160. The lowest BCUT2D eigenvalue weighted by atomic mass is 10.0. The lowest BCUT2D eigenvalue weighted by Crippen LogP contribution is -2.56. The Hall–Kier alpha value is -5.40. The van der Waals surface area contributed by atoms with Gasteiger partial charge in [0.1, 0.15) is 46.8 Å². The van der Waals surface area contributed by atoms with Crippen LogP contribution in [0.25, 0.3) is 0 Å². The number of hydrogen-bond donors (Lipinski definition) is 4. The number of carbonyl (C=O) groups is 6. The predicted octanol–water partition coefficient (Wildman–Crippen LogP) is 3.61. The summed E-state index contributed by atoms with van der Waals surface area (Å²) in [7, 11) is 0. The maximum atomic E-state index is 13.7. The van der Waals surface area contributed by atoms with Crippen molar-refractivity contribution in [1.82, 2.24) is 21.3 Å². The van der Waals surface area contributed by atoms with Crippen LogP contribution >= 0.6 is 0 Å². The number of amides is 4. The third-order valence-corrected chi connectivity index (χ3v) is 8.21. The standard InChI is InChI=1S/C41H56N6O8/c1-24(2)32(38(52)54-40(5,6)7)44-34(48)28(21-26-17-13-11-14-18-26)42-36(50)30-23-31(47-46-30)37(51)43-29(22-27-19-15-12-16-20-27)35(49)45-33(25(3)4)39(53)55-41(8,9)10/h11-20,24-25,28-29,32-33H,21-23H2,1-10H3,(H,42,50)(H,43,51)(H,44,48)(H,45,49)/t28-,29-,32-,33-/m0/s1. The highest BCUT2D eigenvalue weighted by atomic mass is 16.6. The van der Waals surface area contributed by atoms with E-state index in [1.807, 2.05) is 12.1 Å². The van der Waals surface area contributed by atoms with E-state index in [0.717, 1.165) is 11.1 Å². The summed E-state index contributed by atoms with van der Waals surface area (Å²) in [6.07, 6.45) is -0.0952. The van der Waals surface area contributed by atoms with Crippen molar-refractivity contribution in [3.05, 3.63) is 71.8 Å². The van der Waals surface area contributed by atoms with E-state index in [0.29, 0.717) is 0 Å². The van der Waals surface area contributed by atoms with Gasteiger partial charge in [-0.05, 0) is 64.5 Å². The molecule has 0 bridgehead atoms. The smallest absolute Gasteiger partial charge is 0.329 e. The van der Waals surface area contributed by atoms with E-state index >= 15 is 0 Å². The Balaban J connectivity index is 1.75. The first kappa shape index (κ1) is 44.0. The minimum atomic E-state index is -1.13. The van der Waals surface area contributed by atoms with Crippen LogP contribution in [0.4, 0.5) is 0 Å². The van der Waals surface area contributed by atoms with Gasteiger partial charge in [0.2, 0.25) is 11.8 Å². The third kappa shape index (κ3) is 14.4. The van der Waals surface area contributed by atoms with Crippen molar-refractivity contribution in [3.8, 4) is 0 Å². The number of rotatable bonds is 16. The van der Waals surface area contributed by atoms with Crippen LogP contribution in [0.3, 0.4) is 0 Å². The molecule has 0 saturated heterocycles. The summed E-state index contributed by atoms with van der Waals surface area (Å²) in [5, 5.41) is 18.8. The molecule has 4 atom stereocenters. The Bertz CT molecular complexity index is 1620. The number of benzene rings is 2. The fraction of sp³-hybridized carbons (Fsp3) is 0.512. The molecule has 4 amide bonds. The van der Waals surface area contributed by atoms with Gasteiger partial charge in [-0.25, -0.2) is 9.59 Å². The summed E-state index contributed by atoms with van der Waals surface area (Å²) in [6, 6.07) is 13.8. The van der Waals surface area contributed by atoms with Gasteiger partial charge in [-0.1, -0.05) is 88.4 Å². The van der Waals surface area contributed by atoms with E-state index in [-0.39, 0.29) is 42.5 Å². The molecule has 3 rings (SSSR count). The van der Waals surface area contributed by atoms with Gasteiger partial charge in [0.15, 0.2) is 0 Å². The van der Waals surface area contributed by atoms with Gasteiger partial charge in [-0.3, -0.25) is 19.2 Å². The van der Waals surface area contributed by atoms with Crippen molar-refractivity contribution < 1.29 is 38.2 Å². The van der Waals surface area contributed by atoms with Crippen LogP contribution in [0.5, 0.6) is 0 Å². The van der Waals surface area contributed by atoms with Crippen molar-refractivity contribution in [3.63, 3.8) is 0 Å².